The second-order valence-electron chi connectivity index (χ2n) is 2.96. The van der Waals surface area contributed by atoms with Crippen molar-refractivity contribution < 1.29 is 9.13 Å². The standard InChI is InChI=1S/C10H4Br2ClFN2O/c11-6-2-1-5(14)3-7(6)17-10-8(12)9(13)15-4-16-10/h1-4H. The van der Waals surface area contributed by atoms with Gasteiger partial charge in [-0.1, -0.05) is 11.6 Å². The van der Waals surface area contributed by atoms with Crippen LogP contribution >= 0.6 is 43.5 Å². The third-order valence-electron chi connectivity index (χ3n) is 1.81. The van der Waals surface area contributed by atoms with Crippen LogP contribution in [0.2, 0.25) is 5.15 Å². The number of hydrogen-bond acceptors (Lipinski definition) is 3. The van der Waals surface area contributed by atoms with E-state index in [1.807, 2.05) is 0 Å². The monoisotopic (exact) mass is 380 g/mol. The molecule has 17 heavy (non-hydrogen) atoms. The van der Waals surface area contributed by atoms with Gasteiger partial charge < -0.3 is 4.74 Å². The third-order valence-corrected chi connectivity index (χ3v) is 3.70. The van der Waals surface area contributed by atoms with E-state index in [9.17, 15) is 4.39 Å². The molecule has 0 atom stereocenters. The molecule has 0 bridgehead atoms. The first-order valence-electron chi connectivity index (χ1n) is 4.37. The minimum absolute atomic E-state index is 0.219. The van der Waals surface area contributed by atoms with E-state index in [1.165, 1.54) is 18.5 Å². The summed E-state index contributed by atoms with van der Waals surface area (Å²) >= 11 is 12.2. The highest BCUT2D eigenvalue weighted by atomic mass is 79.9. The lowest BCUT2D eigenvalue weighted by molar-refractivity contribution is 0.450. The Labute approximate surface area is 118 Å². The lowest BCUT2D eigenvalue weighted by atomic mass is 10.3. The minimum Gasteiger partial charge on any atom is -0.436 e. The van der Waals surface area contributed by atoms with Crippen molar-refractivity contribution in [2.75, 3.05) is 0 Å². The fourth-order valence-electron chi connectivity index (χ4n) is 1.06. The Hall–Kier alpha value is -0.720. The van der Waals surface area contributed by atoms with Gasteiger partial charge in [-0.15, -0.1) is 0 Å². The lowest BCUT2D eigenvalue weighted by Crippen LogP contribution is -1.92. The van der Waals surface area contributed by atoms with Crippen LogP contribution in [0, 0.1) is 5.82 Å². The average Bonchev–Trinajstić information content (AvgIpc) is 2.30. The van der Waals surface area contributed by atoms with Crippen molar-refractivity contribution >= 4 is 43.5 Å². The Balaban J connectivity index is 2.38. The molecule has 0 spiro atoms. The maximum Gasteiger partial charge on any atom is 0.238 e. The SMILES string of the molecule is Fc1ccc(Br)c(Oc2ncnc(Cl)c2Br)c1. The van der Waals surface area contributed by atoms with Gasteiger partial charge in [0.2, 0.25) is 5.88 Å². The summed E-state index contributed by atoms with van der Waals surface area (Å²) in [6, 6.07) is 4.10. The molecule has 1 aromatic carbocycles. The van der Waals surface area contributed by atoms with Crippen LogP contribution in [0.1, 0.15) is 0 Å². The van der Waals surface area contributed by atoms with Crippen molar-refractivity contribution in [3.8, 4) is 11.6 Å². The van der Waals surface area contributed by atoms with Gasteiger partial charge in [0.25, 0.3) is 0 Å². The predicted octanol–water partition coefficient (Wildman–Crippen LogP) is 4.59. The van der Waals surface area contributed by atoms with Gasteiger partial charge in [-0.05, 0) is 44.0 Å². The van der Waals surface area contributed by atoms with E-state index >= 15 is 0 Å². The first kappa shape index (κ1) is 12.7. The molecule has 2 rings (SSSR count). The third kappa shape index (κ3) is 2.94. The summed E-state index contributed by atoms with van der Waals surface area (Å²) in [6.45, 7) is 0. The van der Waals surface area contributed by atoms with Crippen LogP contribution < -0.4 is 4.74 Å². The van der Waals surface area contributed by atoms with Crippen LogP contribution in [-0.4, -0.2) is 9.97 Å². The average molecular weight is 382 g/mol. The number of rotatable bonds is 2. The van der Waals surface area contributed by atoms with Crippen molar-refractivity contribution in [1.29, 1.82) is 0 Å². The number of ether oxygens (including phenoxy) is 1. The maximum atomic E-state index is 13.1. The van der Waals surface area contributed by atoms with Crippen LogP contribution in [0.4, 0.5) is 4.39 Å². The van der Waals surface area contributed by atoms with Gasteiger partial charge in [0, 0.05) is 6.07 Å². The van der Waals surface area contributed by atoms with Crippen molar-refractivity contribution in [3.05, 3.63) is 44.4 Å². The van der Waals surface area contributed by atoms with E-state index < -0.39 is 5.82 Å². The van der Waals surface area contributed by atoms with Gasteiger partial charge in [0.1, 0.15) is 22.4 Å². The highest BCUT2D eigenvalue weighted by Crippen LogP contribution is 2.34. The summed E-state index contributed by atoms with van der Waals surface area (Å²) in [7, 11) is 0. The molecule has 0 aliphatic heterocycles. The van der Waals surface area contributed by atoms with E-state index in [1.54, 1.807) is 6.07 Å². The largest absolute Gasteiger partial charge is 0.436 e. The molecule has 0 amide bonds. The summed E-state index contributed by atoms with van der Waals surface area (Å²) in [5, 5.41) is 0.225. The molecule has 3 nitrogen and oxygen atoms in total. The Morgan fingerprint density at radius 3 is 2.76 bits per heavy atom. The fraction of sp³-hybridized carbons (Fsp3) is 0. The predicted molar refractivity (Wildman–Crippen MR) is 68.9 cm³/mol. The maximum absolute atomic E-state index is 13.1. The smallest absolute Gasteiger partial charge is 0.238 e. The minimum atomic E-state index is -0.403. The topological polar surface area (TPSA) is 35.0 Å². The van der Waals surface area contributed by atoms with Gasteiger partial charge in [0.05, 0.1) is 4.47 Å². The summed E-state index contributed by atoms with van der Waals surface area (Å²) in [5.41, 5.74) is 0. The highest BCUT2D eigenvalue weighted by Gasteiger charge is 2.11. The van der Waals surface area contributed by atoms with Gasteiger partial charge in [-0.25, -0.2) is 14.4 Å². The zero-order valence-electron chi connectivity index (χ0n) is 8.12. The quantitative estimate of drug-likeness (QED) is 0.713. The first-order valence-corrected chi connectivity index (χ1v) is 6.33. The van der Waals surface area contributed by atoms with E-state index in [-0.39, 0.29) is 11.0 Å². The van der Waals surface area contributed by atoms with Gasteiger partial charge in [0.15, 0.2) is 5.15 Å². The molecule has 0 aliphatic rings. The molecular formula is C10H4Br2ClFN2O. The molecule has 0 saturated carbocycles. The molecule has 0 unspecified atom stereocenters. The second-order valence-corrected chi connectivity index (χ2v) is 4.97. The Bertz CT molecular complexity index is 568. The van der Waals surface area contributed by atoms with Crippen LogP contribution in [0.25, 0.3) is 0 Å². The molecule has 0 radical (unpaired) electrons. The molecule has 1 aromatic heterocycles. The van der Waals surface area contributed by atoms with E-state index in [0.29, 0.717) is 14.7 Å². The molecule has 0 fully saturated rings. The number of hydrogen-bond donors (Lipinski definition) is 0. The fourth-order valence-corrected chi connectivity index (χ4v) is 1.80. The zero-order chi connectivity index (χ0) is 12.4. The van der Waals surface area contributed by atoms with Crippen LogP contribution in [-0.2, 0) is 0 Å². The Kier molecular flexibility index (Phi) is 3.96. The van der Waals surface area contributed by atoms with Crippen molar-refractivity contribution in [3.63, 3.8) is 0 Å². The molecule has 0 aliphatic carbocycles. The van der Waals surface area contributed by atoms with E-state index in [2.05, 4.69) is 41.8 Å². The van der Waals surface area contributed by atoms with Crippen LogP contribution in [0.15, 0.2) is 33.5 Å². The number of benzene rings is 1. The molecule has 0 N–H and O–H groups in total. The Morgan fingerprint density at radius 2 is 2.00 bits per heavy atom. The molecule has 2 aromatic rings. The number of nitrogens with zero attached hydrogens (tertiary/aromatic N) is 2. The molecule has 0 saturated heterocycles. The summed E-state index contributed by atoms with van der Waals surface area (Å²) in [5.74, 6) is 0.122. The normalized spacial score (nSPS) is 10.4. The van der Waals surface area contributed by atoms with Crippen LogP contribution in [0.5, 0.6) is 11.6 Å². The van der Waals surface area contributed by atoms with Crippen molar-refractivity contribution in [2.45, 2.75) is 0 Å². The zero-order valence-corrected chi connectivity index (χ0v) is 12.1. The van der Waals surface area contributed by atoms with Crippen molar-refractivity contribution in [2.24, 2.45) is 0 Å². The van der Waals surface area contributed by atoms with Crippen LogP contribution in [0.3, 0.4) is 0 Å². The number of aromatic nitrogens is 2. The van der Waals surface area contributed by atoms with Gasteiger partial charge in [-0.2, -0.15) is 0 Å². The summed E-state index contributed by atoms with van der Waals surface area (Å²) in [4.78, 5) is 7.66. The van der Waals surface area contributed by atoms with Gasteiger partial charge >= 0.3 is 0 Å². The van der Waals surface area contributed by atoms with Gasteiger partial charge in [-0.3, -0.25) is 0 Å². The van der Waals surface area contributed by atoms with Crippen molar-refractivity contribution in [1.82, 2.24) is 9.97 Å². The molecular weight excluding hydrogens is 378 g/mol. The highest BCUT2D eigenvalue weighted by molar-refractivity contribution is 9.11. The molecule has 7 heteroatoms. The molecule has 88 valence electrons. The number of halogens is 4. The second kappa shape index (κ2) is 5.29. The lowest BCUT2D eigenvalue weighted by Gasteiger charge is -2.08. The molecule has 1 heterocycles. The summed E-state index contributed by atoms with van der Waals surface area (Å²) in [6.07, 6.45) is 1.26. The Morgan fingerprint density at radius 1 is 1.24 bits per heavy atom. The summed E-state index contributed by atoms with van der Waals surface area (Å²) < 4.78 is 19.5. The van der Waals surface area contributed by atoms with E-state index in [0.717, 1.165) is 0 Å². The van der Waals surface area contributed by atoms with E-state index in [4.69, 9.17) is 16.3 Å². The first-order chi connectivity index (χ1) is 8.08.